The monoisotopic (exact) mass is 392 g/mol. The zero-order chi connectivity index (χ0) is 13.8. The zero-order valence-electron chi connectivity index (χ0n) is 12.7. The van der Waals surface area contributed by atoms with Crippen molar-refractivity contribution < 1.29 is 4.52 Å². The normalized spacial score (nSPS) is 16.5. The molecule has 114 valence electrons. The summed E-state index contributed by atoms with van der Waals surface area (Å²) in [5.41, 5.74) is 2.16. The molecule has 1 aromatic rings. The van der Waals surface area contributed by atoms with Crippen LogP contribution in [-0.2, 0) is 0 Å². The Hall–Kier alpha value is -0.790. The van der Waals surface area contributed by atoms with Gasteiger partial charge in [0.05, 0.1) is 5.69 Å². The van der Waals surface area contributed by atoms with Crippen LogP contribution in [0.5, 0.6) is 0 Å². The lowest BCUT2D eigenvalue weighted by molar-refractivity contribution is 0.391. The summed E-state index contributed by atoms with van der Waals surface area (Å²) in [7, 11) is 0. The average Bonchev–Trinajstić information content (AvgIpc) is 3.12. The van der Waals surface area contributed by atoms with Gasteiger partial charge in [0.15, 0.2) is 5.96 Å². The summed E-state index contributed by atoms with van der Waals surface area (Å²) in [4.78, 5) is 4.66. The van der Waals surface area contributed by atoms with Gasteiger partial charge < -0.3 is 15.2 Å². The molecule has 0 bridgehead atoms. The molecule has 1 aliphatic rings. The smallest absolute Gasteiger partial charge is 0.191 e. The Labute approximate surface area is 138 Å². The molecule has 0 radical (unpaired) electrons. The van der Waals surface area contributed by atoms with Crippen molar-refractivity contribution >= 4 is 29.9 Å². The van der Waals surface area contributed by atoms with Crippen LogP contribution in [-0.4, -0.2) is 30.2 Å². The van der Waals surface area contributed by atoms with Crippen LogP contribution in [0.15, 0.2) is 9.52 Å². The molecule has 1 fully saturated rings. The number of hydrogen-bond donors (Lipinski definition) is 2. The number of nitrogens with one attached hydrogen (secondary N) is 2. The fourth-order valence-corrected chi connectivity index (χ4v) is 2.25. The van der Waals surface area contributed by atoms with E-state index in [9.17, 15) is 0 Å². The third-order valence-electron chi connectivity index (χ3n) is 3.37. The molecule has 20 heavy (non-hydrogen) atoms. The SMILES string of the molecule is CCNC(=NCC(C)c1c(C)noc1C)NC1CC1.I. The summed E-state index contributed by atoms with van der Waals surface area (Å²) in [6.45, 7) is 9.82. The summed E-state index contributed by atoms with van der Waals surface area (Å²) in [5, 5.41) is 10.7. The molecule has 0 amide bonds. The van der Waals surface area contributed by atoms with Crippen LogP contribution >= 0.6 is 24.0 Å². The van der Waals surface area contributed by atoms with E-state index in [4.69, 9.17) is 4.52 Å². The van der Waals surface area contributed by atoms with Crippen molar-refractivity contribution in [1.82, 2.24) is 15.8 Å². The predicted octanol–water partition coefficient (Wildman–Crippen LogP) is 2.73. The molecule has 0 aromatic carbocycles. The highest BCUT2D eigenvalue weighted by Gasteiger charge is 2.22. The van der Waals surface area contributed by atoms with Gasteiger partial charge in [0, 0.05) is 30.6 Å². The maximum absolute atomic E-state index is 5.22. The van der Waals surface area contributed by atoms with E-state index in [-0.39, 0.29) is 24.0 Å². The highest BCUT2D eigenvalue weighted by atomic mass is 127. The van der Waals surface area contributed by atoms with Gasteiger partial charge in [-0.2, -0.15) is 0 Å². The van der Waals surface area contributed by atoms with E-state index in [0.29, 0.717) is 12.0 Å². The van der Waals surface area contributed by atoms with Crippen molar-refractivity contribution in [2.45, 2.75) is 52.5 Å². The average molecular weight is 392 g/mol. The maximum Gasteiger partial charge on any atom is 0.191 e. The summed E-state index contributed by atoms with van der Waals surface area (Å²) in [6, 6.07) is 0.618. The number of halogens is 1. The van der Waals surface area contributed by atoms with Gasteiger partial charge in [-0.25, -0.2) is 0 Å². The third kappa shape index (κ3) is 4.64. The Balaban J connectivity index is 0.00000200. The van der Waals surface area contributed by atoms with E-state index >= 15 is 0 Å². The van der Waals surface area contributed by atoms with Crippen LogP contribution in [0, 0.1) is 13.8 Å². The summed E-state index contributed by atoms with van der Waals surface area (Å²) in [6.07, 6.45) is 2.51. The predicted molar refractivity (Wildman–Crippen MR) is 91.9 cm³/mol. The van der Waals surface area contributed by atoms with Gasteiger partial charge in [-0.3, -0.25) is 4.99 Å². The fourth-order valence-electron chi connectivity index (χ4n) is 2.25. The molecule has 5 nitrogen and oxygen atoms in total. The van der Waals surface area contributed by atoms with E-state index in [1.54, 1.807) is 0 Å². The molecular weight excluding hydrogens is 367 g/mol. The third-order valence-corrected chi connectivity index (χ3v) is 3.37. The first-order valence-corrected chi connectivity index (χ1v) is 7.09. The lowest BCUT2D eigenvalue weighted by Crippen LogP contribution is -2.38. The molecule has 1 aromatic heterocycles. The molecule has 6 heteroatoms. The van der Waals surface area contributed by atoms with E-state index in [1.807, 2.05) is 13.8 Å². The molecule has 1 atom stereocenters. The topological polar surface area (TPSA) is 62.5 Å². The van der Waals surface area contributed by atoms with Crippen molar-refractivity contribution in [3.8, 4) is 0 Å². The summed E-state index contributed by atoms with van der Waals surface area (Å²) < 4.78 is 5.22. The highest BCUT2D eigenvalue weighted by Crippen LogP contribution is 2.23. The second-order valence-corrected chi connectivity index (χ2v) is 5.28. The minimum Gasteiger partial charge on any atom is -0.361 e. The van der Waals surface area contributed by atoms with Gasteiger partial charge in [0.2, 0.25) is 0 Å². The van der Waals surface area contributed by atoms with Crippen LogP contribution < -0.4 is 10.6 Å². The lowest BCUT2D eigenvalue weighted by Gasteiger charge is -2.13. The van der Waals surface area contributed by atoms with Crippen molar-refractivity contribution in [2.75, 3.05) is 13.1 Å². The molecule has 2 N–H and O–H groups in total. The minimum atomic E-state index is 0. The molecule has 1 saturated carbocycles. The van der Waals surface area contributed by atoms with Crippen molar-refractivity contribution in [2.24, 2.45) is 4.99 Å². The summed E-state index contributed by atoms with van der Waals surface area (Å²) in [5.74, 6) is 2.14. The minimum absolute atomic E-state index is 0. The van der Waals surface area contributed by atoms with Gasteiger partial charge in [-0.15, -0.1) is 24.0 Å². The molecule has 1 unspecified atom stereocenters. The summed E-state index contributed by atoms with van der Waals surface area (Å²) >= 11 is 0. The number of aromatic nitrogens is 1. The van der Waals surface area contributed by atoms with Crippen LogP contribution in [0.25, 0.3) is 0 Å². The first-order chi connectivity index (χ1) is 9.11. The number of aryl methyl sites for hydroxylation is 2. The van der Waals surface area contributed by atoms with Crippen LogP contribution in [0.4, 0.5) is 0 Å². The van der Waals surface area contributed by atoms with Crippen LogP contribution in [0.2, 0.25) is 0 Å². The molecule has 2 rings (SSSR count). The van der Waals surface area contributed by atoms with Gasteiger partial charge in [-0.05, 0) is 33.6 Å². The van der Waals surface area contributed by atoms with Crippen LogP contribution in [0.3, 0.4) is 0 Å². The van der Waals surface area contributed by atoms with E-state index < -0.39 is 0 Å². The molecular formula is C14H25IN4O. The molecule has 1 heterocycles. The molecule has 0 saturated heterocycles. The van der Waals surface area contributed by atoms with Crippen LogP contribution in [0.1, 0.15) is 49.6 Å². The fraction of sp³-hybridized carbons (Fsp3) is 0.714. The highest BCUT2D eigenvalue weighted by molar-refractivity contribution is 14.0. The van der Waals surface area contributed by atoms with Gasteiger partial charge in [0.1, 0.15) is 5.76 Å². The Kier molecular flexibility index (Phi) is 6.78. The van der Waals surface area contributed by atoms with Gasteiger partial charge >= 0.3 is 0 Å². The molecule has 0 aliphatic heterocycles. The van der Waals surface area contributed by atoms with E-state index in [1.165, 1.54) is 18.4 Å². The number of rotatable bonds is 5. The van der Waals surface area contributed by atoms with Gasteiger partial charge in [-0.1, -0.05) is 12.1 Å². The zero-order valence-corrected chi connectivity index (χ0v) is 15.0. The van der Waals surface area contributed by atoms with E-state index in [0.717, 1.165) is 30.5 Å². The number of nitrogens with zero attached hydrogens (tertiary/aromatic N) is 2. The second kappa shape index (κ2) is 7.85. The number of aliphatic imine (C=N–C) groups is 1. The van der Waals surface area contributed by atoms with Crippen molar-refractivity contribution in [3.05, 3.63) is 17.0 Å². The Morgan fingerprint density at radius 2 is 2.15 bits per heavy atom. The Morgan fingerprint density at radius 3 is 2.65 bits per heavy atom. The first kappa shape index (κ1) is 17.3. The lowest BCUT2D eigenvalue weighted by atomic mass is 10.00. The molecule has 0 spiro atoms. The Bertz CT molecular complexity index is 435. The second-order valence-electron chi connectivity index (χ2n) is 5.28. The first-order valence-electron chi connectivity index (χ1n) is 7.09. The number of guanidine groups is 1. The van der Waals surface area contributed by atoms with Crippen molar-refractivity contribution in [3.63, 3.8) is 0 Å². The molecule has 1 aliphatic carbocycles. The quantitative estimate of drug-likeness (QED) is 0.460. The Morgan fingerprint density at radius 1 is 1.45 bits per heavy atom. The van der Waals surface area contributed by atoms with E-state index in [2.05, 4.69) is 34.6 Å². The van der Waals surface area contributed by atoms with Gasteiger partial charge in [0.25, 0.3) is 0 Å². The maximum atomic E-state index is 5.22. The van der Waals surface area contributed by atoms with Crippen molar-refractivity contribution in [1.29, 1.82) is 0 Å². The standard InChI is InChI=1S/C14H24N4O.HI/c1-5-15-14(17-12-6-7-12)16-8-9(2)13-10(3)18-19-11(13)4;/h9,12H,5-8H2,1-4H3,(H2,15,16,17);1H. The number of hydrogen-bond acceptors (Lipinski definition) is 3. The largest absolute Gasteiger partial charge is 0.361 e.